The van der Waals surface area contributed by atoms with Crippen molar-refractivity contribution >= 4 is 10.0 Å². The van der Waals surface area contributed by atoms with Gasteiger partial charge in [0.15, 0.2) is 5.03 Å². The van der Waals surface area contributed by atoms with Gasteiger partial charge in [0.25, 0.3) is 10.0 Å². The summed E-state index contributed by atoms with van der Waals surface area (Å²) in [5.41, 5.74) is 0. The van der Waals surface area contributed by atoms with Crippen molar-refractivity contribution in [3.63, 3.8) is 0 Å². The summed E-state index contributed by atoms with van der Waals surface area (Å²) < 4.78 is 28.9. The number of hydrogen-bond acceptors (Lipinski definition) is 3. The first kappa shape index (κ1) is 12.2. The molecule has 0 amide bonds. The minimum absolute atomic E-state index is 0.115. The summed E-state index contributed by atoms with van der Waals surface area (Å²) in [4.78, 5) is 3.93. The average molecular weight is 269 g/mol. The van der Waals surface area contributed by atoms with Crippen LogP contribution in [0.2, 0.25) is 0 Å². The normalized spacial score (nSPS) is 31.7. The summed E-state index contributed by atoms with van der Waals surface area (Å²) in [5.74, 6) is 1.28. The molecule has 2 fully saturated rings. The van der Waals surface area contributed by atoms with Gasteiger partial charge < -0.3 is 4.57 Å². The number of rotatable bonds is 3. The molecule has 1 aromatic heterocycles. The highest BCUT2D eigenvalue weighted by molar-refractivity contribution is 7.89. The van der Waals surface area contributed by atoms with Crippen LogP contribution in [0.4, 0.5) is 0 Å². The summed E-state index contributed by atoms with van der Waals surface area (Å²) in [6, 6.07) is 0.115. The lowest BCUT2D eigenvalue weighted by Crippen LogP contribution is -2.37. The molecule has 0 unspecified atom stereocenters. The topological polar surface area (TPSA) is 64.0 Å². The van der Waals surface area contributed by atoms with Crippen LogP contribution in [0.5, 0.6) is 0 Å². The van der Waals surface area contributed by atoms with Gasteiger partial charge in [-0.05, 0) is 31.1 Å². The molecule has 1 aromatic rings. The highest BCUT2D eigenvalue weighted by atomic mass is 32.2. The Labute approximate surface area is 108 Å². The van der Waals surface area contributed by atoms with Gasteiger partial charge in [0.1, 0.15) is 0 Å². The van der Waals surface area contributed by atoms with Crippen molar-refractivity contribution < 1.29 is 8.42 Å². The van der Waals surface area contributed by atoms with Crippen LogP contribution in [0.3, 0.4) is 0 Å². The Morgan fingerprint density at radius 3 is 2.89 bits per heavy atom. The van der Waals surface area contributed by atoms with Gasteiger partial charge >= 0.3 is 0 Å². The lowest BCUT2D eigenvalue weighted by atomic mass is 9.98. The van der Waals surface area contributed by atoms with E-state index in [2.05, 4.69) is 9.71 Å². The zero-order chi connectivity index (χ0) is 12.8. The largest absolute Gasteiger partial charge is 0.339 e. The van der Waals surface area contributed by atoms with Crippen molar-refractivity contribution in [3.8, 4) is 0 Å². The van der Waals surface area contributed by atoms with Crippen LogP contribution in [0.25, 0.3) is 0 Å². The molecule has 3 rings (SSSR count). The number of imidazole rings is 1. The molecular formula is C12H19N3O2S. The standard InChI is InChI=1S/C12H19N3O2S/c1-15-7-12(13-8-15)18(16,17)14-11-6-5-9-3-2-4-10(9)11/h7-11,14H,2-6H2,1H3/t9-,10-,11-/m1/s1. The maximum atomic E-state index is 12.2. The van der Waals surface area contributed by atoms with Crippen molar-refractivity contribution in [1.29, 1.82) is 0 Å². The van der Waals surface area contributed by atoms with Crippen LogP contribution >= 0.6 is 0 Å². The third-order valence-corrected chi connectivity index (χ3v) is 5.72. The molecule has 6 heteroatoms. The second-order valence-corrected chi connectivity index (χ2v) is 7.20. The lowest BCUT2D eigenvalue weighted by Gasteiger charge is -2.19. The Hall–Kier alpha value is -0.880. The molecule has 18 heavy (non-hydrogen) atoms. The van der Waals surface area contributed by atoms with E-state index in [1.165, 1.54) is 32.0 Å². The molecule has 0 radical (unpaired) electrons. The van der Waals surface area contributed by atoms with E-state index in [-0.39, 0.29) is 11.1 Å². The summed E-state index contributed by atoms with van der Waals surface area (Å²) in [6.45, 7) is 0. The molecule has 3 atom stereocenters. The molecule has 5 nitrogen and oxygen atoms in total. The molecule has 0 spiro atoms. The fourth-order valence-corrected chi connectivity index (χ4v) is 4.80. The highest BCUT2D eigenvalue weighted by Crippen LogP contribution is 2.44. The van der Waals surface area contributed by atoms with E-state index < -0.39 is 10.0 Å². The van der Waals surface area contributed by atoms with Gasteiger partial charge in [-0.25, -0.2) is 18.1 Å². The fourth-order valence-electron chi connectivity index (χ4n) is 3.49. The first-order valence-electron chi connectivity index (χ1n) is 6.56. The van der Waals surface area contributed by atoms with Crippen molar-refractivity contribution in [2.24, 2.45) is 18.9 Å². The van der Waals surface area contributed by atoms with Crippen LogP contribution in [-0.2, 0) is 17.1 Å². The van der Waals surface area contributed by atoms with Crippen molar-refractivity contribution in [2.45, 2.75) is 43.2 Å². The second-order valence-electron chi connectivity index (χ2n) is 5.54. The van der Waals surface area contributed by atoms with E-state index in [9.17, 15) is 8.42 Å². The van der Waals surface area contributed by atoms with E-state index in [4.69, 9.17) is 0 Å². The van der Waals surface area contributed by atoms with Gasteiger partial charge in [0.05, 0.1) is 6.33 Å². The zero-order valence-electron chi connectivity index (χ0n) is 10.5. The Balaban J connectivity index is 1.76. The molecule has 0 bridgehead atoms. The molecule has 2 saturated carbocycles. The molecular weight excluding hydrogens is 250 g/mol. The minimum Gasteiger partial charge on any atom is -0.339 e. The predicted molar refractivity (Wildman–Crippen MR) is 67.4 cm³/mol. The zero-order valence-corrected chi connectivity index (χ0v) is 11.4. The third-order valence-electron chi connectivity index (χ3n) is 4.35. The van der Waals surface area contributed by atoms with E-state index in [0.717, 1.165) is 12.3 Å². The maximum absolute atomic E-state index is 12.2. The molecule has 0 aliphatic heterocycles. The van der Waals surface area contributed by atoms with Gasteiger partial charge in [-0.3, -0.25) is 0 Å². The summed E-state index contributed by atoms with van der Waals surface area (Å²) in [7, 11) is -1.67. The van der Waals surface area contributed by atoms with Crippen molar-refractivity contribution in [2.75, 3.05) is 0 Å². The number of sulfonamides is 1. The summed E-state index contributed by atoms with van der Waals surface area (Å²) >= 11 is 0. The number of aryl methyl sites for hydroxylation is 1. The van der Waals surface area contributed by atoms with E-state index in [0.29, 0.717) is 5.92 Å². The first-order valence-corrected chi connectivity index (χ1v) is 8.05. The monoisotopic (exact) mass is 269 g/mol. The van der Waals surface area contributed by atoms with Gasteiger partial charge in [-0.15, -0.1) is 0 Å². The Morgan fingerprint density at radius 2 is 2.17 bits per heavy atom. The van der Waals surface area contributed by atoms with Gasteiger partial charge in [0, 0.05) is 19.3 Å². The third kappa shape index (κ3) is 2.07. The lowest BCUT2D eigenvalue weighted by molar-refractivity contribution is 0.399. The van der Waals surface area contributed by atoms with Crippen LogP contribution in [0, 0.1) is 11.8 Å². The van der Waals surface area contributed by atoms with Crippen LogP contribution < -0.4 is 4.72 Å². The van der Waals surface area contributed by atoms with E-state index >= 15 is 0 Å². The van der Waals surface area contributed by atoms with E-state index in [1.807, 2.05) is 0 Å². The summed E-state index contributed by atoms with van der Waals surface area (Å²) in [6.07, 6.45) is 8.89. The quantitative estimate of drug-likeness (QED) is 0.899. The van der Waals surface area contributed by atoms with E-state index in [1.54, 1.807) is 17.8 Å². The molecule has 100 valence electrons. The summed E-state index contributed by atoms with van der Waals surface area (Å²) in [5, 5.41) is 0.131. The Morgan fingerprint density at radius 1 is 1.33 bits per heavy atom. The molecule has 0 aromatic carbocycles. The minimum atomic E-state index is -3.44. The maximum Gasteiger partial charge on any atom is 0.259 e. The smallest absolute Gasteiger partial charge is 0.259 e. The van der Waals surface area contributed by atoms with Gasteiger partial charge in [0.2, 0.25) is 0 Å². The number of hydrogen-bond donors (Lipinski definition) is 1. The second kappa shape index (κ2) is 4.35. The molecule has 2 aliphatic carbocycles. The SMILES string of the molecule is Cn1cnc(S(=O)(=O)N[C@@H]2CC[C@H]3CCC[C@H]32)c1. The predicted octanol–water partition coefficient (Wildman–Crippen LogP) is 1.28. The number of aromatic nitrogens is 2. The Kier molecular flexibility index (Phi) is 2.94. The van der Waals surface area contributed by atoms with Crippen molar-refractivity contribution in [1.82, 2.24) is 14.3 Å². The van der Waals surface area contributed by atoms with Crippen LogP contribution in [0.15, 0.2) is 17.6 Å². The van der Waals surface area contributed by atoms with Gasteiger partial charge in [-0.1, -0.05) is 12.8 Å². The van der Waals surface area contributed by atoms with Crippen LogP contribution in [0.1, 0.15) is 32.1 Å². The Bertz CT molecular complexity index is 537. The average Bonchev–Trinajstić information content (AvgIpc) is 2.96. The molecule has 1 heterocycles. The highest BCUT2D eigenvalue weighted by Gasteiger charge is 2.41. The van der Waals surface area contributed by atoms with Crippen LogP contribution in [-0.4, -0.2) is 24.0 Å². The van der Waals surface area contributed by atoms with Gasteiger partial charge in [-0.2, -0.15) is 0 Å². The molecule has 0 saturated heterocycles. The van der Waals surface area contributed by atoms with Crippen molar-refractivity contribution in [3.05, 3.63) is 12.5 Å². The number of nitrogens with one attached hydrogen (secondary N) is 1. The fraction of sp³-hybridized carbons (Fsp3) is 0.750. The number of nitrogens with zero attached hydrogens (tertiary/aromatic N) is 2. The first-order chi connectivity index (χ1) is 8.56. The molecule has 1 N–H and O–H groups in total. The number of fused-ring (bicyclic) bond motifs is 1. The molecule has 2 aliphatic rings.